The molecule has 1 aromatic rings. The highest BCUT2D eigenvalue weighted by atomic mass is 16.5. The molecule has 3 nitrogen and oxygen atoms in total. The summed E-state index contributed by atoms with van der Waals surface area (Å²) in [7, 11) is 1.40. The average molecular weight is 221 g/mol. The summed E-state index contributed by atoms with van der Waals surface area (Å²) in [5.74, 6) is -0.230. The summed E-state index contributed by atoms with van der Waals surface area (Å²) in [5, 5.41) is 3.16. The molecular formula is C13H19NO2. The van der Waals surface area contributed by atoms with Gasteiger partial charge in [-0.1, -0.05) is 18.2 Å². The summed E-state index contributed by atoms with van der Waals surface area (Å²) in [6.07, 6.45) is 0. The van der Waals surface area contributed by atoms with Crippen LogP contribution in [0, 0.1) is 13.8 Å². The van der Waals surface area contributed by atoms with Crippen molar-refractivity contribution < 1.29 is 9.53 Å². The zero-order valence-corrected chi connectivity index (χ0v) is 10.3. The van der Waals surface area contributed by atoms with Crippen LogP contribution >= 0.6 is 0 Å². The molecule has 0 saturated heterocycles. The van der Waals surface area contributed by atoms with E-state index in [-0.39, 0.29) is 12.0 Å². The van der Waals surface area contributed by atoms with E-state index < -0.39 is 0 Å². The molecule has 0 spiro atoms. The van der Waals surface area contributed by atoms with Gasteiger partial charge in [-0.3, -0.25) is 4.79 Å². The summed E-state index contributed by atoms with van der Waals surface area (Å²) in [6, 6.07) is 5.92. The van der Waals surface area contributed by atoms with E-state index in [1.807, 2.05) is 6.07 Å². The van der Waals surface area contributed by atoms with Crippen LogP contribution in [0.5, 0.6) is 0 Å². The quantitative estimate of drug-likeness (QED) is 0.790. The van der Waals surface area contributed by atoms with E-state index in [0.717, 1.165) is 0 Å². The molecule has 3 heteroatoms. The molecule has 1 aromatic carbocycles. The van der Waals surface area contributed by atoms with Crippen molar-refractivity contribution in [1.29, 1.82) is 0 Å². The maximum atomic E-state index is 11.2. The molecule has 0 radical (unpaired) electrons. The SMILES string of the molecule is COC(=O)C(C)NCc1c(C)cccc1C. The summed E-state index contributed by atoms with van der Waals surface area (Å²) in [5.41, 5.74) is 3.73. The Balaban J connectivity index is 2.64. The minimum atomic E-state index is -0.274. The van der Waals surface area contributed by atoms with E-state index in [2.05, 4.69) is 36.0 Å². The standard InChI is InChI=1S/C13H19NO2/c1-9-6-5-7-10(2)12(9)8-14-11(3)13(15)16-4/h5-7,11,14H,8H2,1-4H3. The van der Waals surface area contributed by atoms with Crippen molar-refractivity contribution >= 4 is 5.97 Å². The molecule has 88 valence electrons. The van der Waals surface area contributed by atoms with Crippen LogP contribution in [0.2, 0.25) is 0 Å². The molecule has 1 rings (SSSR count). The van der Waals surface area contributed by atoms with Gasteiger partial charge in [0.15, 0.2) is 0 Å². The van der Waals surface area contributed by atoms with Crippen molar-refractivity contribution in [3.8, 4) is 0 Å². The molecule has 0 aromatic heterocycles. The zero-order valence-electron chi connectivity index (χ0n) is 10.3. The van der Waals surface area contributed by atoms with Crippen molar-refractivity contribution in [3.05, 3.63) is 34.9 Å². The molecule has 0 amide bonds. The predicted octanol–water partition coefficient (Wildman–Crippen LogP) is 1.95. The van der Waals surface area contributed by atoms with Gasteiger partial charge >= 0.3 is 5.97 Å². The number of methoxy groups -OCH3 is 1. The molecule has 0 heterocycles. The first-order valence-corrected chi connectivity index (χ1v) is 5.42. The second-order valence-electron chi connectivity index (χ2n) is 4.00. The van der Waals surface area contributed by atoms with E-state index in [9.17, 15) is 4.79 Å². The van der Waals surface area contributed by atoms with Crippen LogP contribution in [0.1, 0.15) is 23.6 Å². The van der Waals surface area contributed by atoms with Crippen LogP contribution in [-0.2, 0) is 16.1 Å². The summed E-state index contributed by atoms with van der Waals surface area (Å²) < 4.78 is 4.66. The molecule has 16 heavy (non-hydrogen) atoms. The number of nitrogens with one attached hydrogen (secondary N) is 1. The van der Waals surface area contributed by atoms with Gasteiger partial charge in [0.05, 0.1) is 7.11 Å². The minimum Gasteiger partial charge on any atom is -0.468 e. The van der Waals surface area contributed by atoms with Gasteiger partial charge in [0.25, 0.3) is 0 Å². The van der Waals surface area contributed by atoms with Crippen LogP contribution in [-0.4, -0.2) is 19.1 Å². The average Bonchev–Trinajstić information content (AvgIpc) is 2.27. The third-order valence-corrected chi connectivity index (χ3v) is 2.78. The van der Waals surface area contributed by atoms with Gasteiger partial charge in [-0.05, 0) is 37.5 Å². The molecule has 0 aliphatic rings. The fourth-order valence-electron chi connectivity index (χ4n) is 1.64. The summed E-state index contributed by atoms with van der Waals surface area (Å²) in [6.45, 7) is 6.65. The maximum absolute atomic E-state index is 11.2. The largest absolute Gasteiger partial charge is 0.468 e. The van der Waals surface area contributed by atoms with Crippen molar-refractivity contribution in [2.24, 2.45) is 0 Å². The monoisotopic (exact) mass is 221 g/mol. The first-order chi connectivity index (χ1) is 7.56. The van der Waals surface area contributed by atoms with Gasteiger partial charge in [-0.25, -0.2) is 0 Å². The number of hydrogen-bond acceptors (Lipinski definition) is 3. The molecule has 0 aliphatic carbocycles. The first kappa shape index (κ1) is 12.7. The second-order valence-corrected chi connectivity index (χ2v) is 4.00. The Morgan fingerprint density at radius 1 is 1.38 bits per heavy atom. The molecule has 0 aliphatic heterocycles. The number of aryl methyl sites for hydroxylation is 2. The Bertz CT molecular complexity index is 354. The normalized spacial score (nSPS) is 12.2. The Labute approximate surface area is 96.8 Å². The van der Waals surface area contributed by atoms with Crippen LogP contribution in [0.25, 0.3) is 0 Å². The number of rotatable bonds is 4. The topological polar surface area (TPSA) is 38.3 Å². The van der Waals surface area contributed by atoms with Gasteiger partial charge in [-0.2, -0.15) is 0 Å². The lowest BCUT2D eigenvalue weighted by atomic mass is 10.0. The van der Waals surface area contributed by atoms with E-state index in [4.69, 9.17) is 0 Å². The maximum Gasteiger partial charge on any atom is 0.322 e. The molecule has 1 atom stereocenters. The molecule has 0 saturated carbocycles. The van der Waals surface area contributed by atoms with Crippen molar-refractivity contribution in [2.45, 2.75) is 33.4 Å². The molecule has 0 fully saturated rings. The van der Waals surface area contributed by atoms with Gasteiger partial charge in [0.1, 0.15) is 6.04 Å². The zero-order chi connectivity index (χ0) is 12.1. The molecule has 0 bridgehead atoms. The van der Waals surface area contributed by atoms with Crippen LogP contribution < -0.4 is 5.32 Å². The predicted molar refractivity (Wildman–Crippen MR) is 64.2 cm³/mol. The van der Waals surface area contributed by atoms with E-state index in [1.54, 1.807) is 6.92 Å². The number of esters is 1. The van der Waals surface area contributed by atoms with Crippen molar-refractivity contribution in [2.75, 3.05) is 7.11 Å². The van der Waals surface area contributed by atoms with Crippen molar-refractivity contribution in [3.63, 3.8) is 0 Å². The second kappa shape index (κ2) is 5.66. The van der Waals surface area contributed by atoms with Crippen molar-refractivity contribution in [1.82, 2.24) is 5.32 Å². The van der Waals surface area contributed by atoms with Gasteiger partial charge in [-0.15, -0.1) is 0 Å². The van der Waals surface area contributed by atoms with Crippen LogP contribution in [0.4, 0.5) is 0 Å². The number of carbonyl (C=O) groups is 1. The first-order valence-electron chi connectivity index (χ1n) is 5.42. The fraction of sp³-hybridized carbons (Fsp3) is 0.462. The lowest BCUT2D eigenvalue weighted by Crippen LogP contribution is -2.34. The number of ether oxygens (including phenoxy) is 1. The number of carbonyl (C=O) groups excluding carboxylic acids is 1. The van der Waals surface area contributed by atoms with E-state index in [1.165, 1.54) is 23.8 Å². The Morgan fingerprint density at radius 2 is 1.94 bits per heavy atom. The lowest BCUT2D eigenvalue weighted by Gasteiger charge is -2.14. The number of hydrogen-bond donors (Lipinski definition) is 1. The van der Waals surface area contributed by atoms with Gasteiger partial charge < -0.3 is 10.1 Å². The Kier molecular flexibility index (Phi) is 4.50. The van der Waals surface area contributed by atoms with Crippen LogP contribution in [0.3, 0.4) is 0 Å². The smallest absolute Gasteiger partial charge is 0.322 e. The van der Waals surface area contributed by atoms with Gasteiger partial charge in [0, 0.05) is 6.54 Å². The lowest BCUT2D eigenvalue weighted by molar-refractivity contribution is -0.142. The highest BCUT2D eigenvalue weighted by Gasteiger charge is 2.12. The molecule has 1 N–H and O–H groups in total. The van der Waals surface area contributed by atoms with Crippen LogP contribution in [0.15, 0.2) is 18.2 Å². The summed E-state index contributed by atoms with van der Waals surface area (Å²) >= 11 is 0. The Morgan fingerprint density at radius 3 is 2.44 bits per heavy atom. The fourth-order valence-corrected chi connectivity index (χ4v) is 1.64. The highest BCUT2D eigenvalue weighted by molar-refractivity contribution is 5.75. The number of benzene rings is 1. The highest BCUT2D eigenvalue weighted by Crippen LogP contribution is 2.12. The molecular weight excluding hydrogens is 202 g/mol. The third-order valence-electron chi connectivity index (χ3n) is 2.78. The Hall–Kier alpha value is -1.35. The van der Waals surface area contributed by atoms with E-state index in [0.29, 0.717) is 6.54 Å². The van der Waals surface area contributed by atoms with Gasteiger partial charge in [0.2, 0.25) is 0 Å². The minimum absolute atomic E-state index is 0.230. The third kappa shape index (κ3) is 3.07. The van der Waals surface area contributed by atoms with E-state index >= 15 is 0 Å². The molecule has 1 unspecified atom stereocenters. The summed E-state index contributed by atoms with van der Waals surface area (Å²) in [4.78, 5) is 11.2.